The highest BCUT2D eigenvalue weighted by atomic mass is 16.5. The number of rotatable bonds is 6. The van der Waals surface area contributed by atoms with Crippen molar-refractivity contribution in [1.82, 2.24) is 5.32 Å². The number of hydrogen-bond donors (Lipinski definition) is 1. The lowest BCUT2D eigenvalue weighted by Crippen LogP contribution is -2.63. The second-order valence-corrected chi connectivity index (χ2v) is 5.97. The molecule has 0 radical (unpaired) electrons. The molecule has 1 aliphatic rings. The first-order valence-corrected chi connectivity index (χ1v) is 7.57. The zero-order valence-electron chi connectivity index (χ0n) is 12.7. The Kier molecular flexibility index (Phi) is 4.51. The first-order valence-electron chi connectivity index (χ1n) is 7.57. The van der Waals surface area contributed by atoms with Gasteiger partial charge in [0.05, 0.1) is 0 Å². The topological polar surface area (TPSA) is 21.3 Å². The number of hydrogen-bond acceptors (Lipinski definition) is 2. The Morgan fingerprint density at radius 3 is 2.68 bits per heavy atom. The molecule has 1 aliphatic carbocycles. The fraction of sp³-hybridized carbons (Fsp3) is 0.647. The molecule has 19 heavy (non-hydrogen) atoms. The molecule has 0 saturated heterocycles. The molecule has 0 spiro atoms. The summed E-state index contributed by atoms with van der Waals surface area (Å²) in [7, 11) is 0. The maximum absolute atomic E-state index is 6.26. The quantitative estimate of drug-likeness (QED) is 0.837. The lowest BCUT2D eigenvalue weighted by Gasteiger charge is -2.53. The Morgan fingerprint density at radius 1 is 1.32 bits per heavy atom. The molecule has 0 amide bonds. The monoisotopic (exact) mass is 261 g/mol. The van der Waals surface area contributed by atoms with Gasteiger partial charge in [0, 0.05) is 17.9 Å². The fourth-order valence-corrected chi connectivity index (χ4v) is 2.95. The highest BCUT2D eigenvalue weighted by molar-refractivity contribution is 5.32. The van der Waals surface area contributed by atoms with Crippen LogP contribution in [-0.4, -0.2) is 18.7 Å². The van der Waals surface area contributed by atoms with Crippen LogP contribution in [0.1, 0.15) is 45.6 Å². The Morgan fingerprint density at radius 2 is 2.05 bits per heavy atom. The van der Waals surface area contributed by atoms with Gasteiger partial charge in [0.15, 0.2) is 0 Å². The summed E-state index contributed by atoms with van der Waals surface area (Å²) >= 11 is 0. The van der Waals surface area contributed by atoms with Gasteiger partial charge in [-0.15, -0.1) is 0 Å². The molecular weight excluding hydrogens is 234 g/mol. The maximum atomic E-state index is 6.26. The van der Waals surface area contributed by atoms with E-state index >= 15 is 0 Å². The van der Waals surface area contributed by atoms with Gasteiger partial charge in [0.25, 0.3) is 0 Å². The van der Waals surface area contributed by atoms with Gasteiger partial charge in [-0.1, -0.05) is 39.0 Å². The summed E-state index contributed by atoms with van der Waals surface area (Å²) < 4.78 is 6.26. The summed E-state index contributed by atoms with van der Waals surface area (Å²) in [5, 5.41) is 3.66. The number of benzene rings is 1. The third kappa shape index (κ3) is 2.79. The molecule has 2 heteroatoms. The molecule has 1 N–H and O–H groups in total. The summed E-state index contributed by atoms with van der Waals surface area (Å²) in [6.07, 6.45) is 3.82. The van der Waals surface area contributed by atoms with Gasteiger partial charge in [-0.05, 0) is 37.9 Å². The molecule has 2 nitrogen and oxygen atoms in total. The first-order chi connectivity index (χ1) is 9.11. The van der Waals surface area contributed by atoms with Crippen LogP contribution < -0.4 is 10.1 Å². The summed E-state index contributed by atoms with van der Waals surface area (Å²) in [5.41, 5.74) is 1.49. The van der Waals surface area contributed by atoms with Crippen molar-refractivity contribution in [3.8, 4) is 5.75 Å². The molecule has 0 aliphatic heterocycles. The zero-order valence-corrected chi connectivity index (χ0v) is 12.7. The second kappa shape index (κ2) is 5.96. The minimum atomic E-state index is 0.261. The second-order valence-electron chi connectivity index (χ2n) is 5.97. The van der Waals surface area contributed by atoms with Crippen molar-refractivity contribution < 1.29 is 4.74 Å². The summed E-state index contributed by atoms with van der Waals surface area (Å²) in [6.45, 7) is 10.1. The van der Waals surface area contributed by atoms with Crippen molar-refractivity contribution in [1.29, 1.82) is 0 Å². The van der Waals surface area contributed by atoms with E-state index in [0.717, 1.165) is 25.1 Å². The first kappa shape index (κ1) is 14.4. The summed E-state index contributed by atoms with van der Waals surface area (Å²) in [6, 6.07) is 8.92. The molecule has 1 aromatic rings. The largest absolute Gasteiger partial charge is 0.489 e. The van der Waals surface area contributed by atoms with E-state index in [1.165, 1.54) is 12.0 Å². The van der Waals surface area contributed by atoms with Crippen molar-refractivity contribution in [2.45, 2.75) is 59.1 Å². The van der Waals surface area contributed by atoms with E-state index in [1.54, 1.807) is 0 Å². The molecule has 1 aromatic carbocycles. The summed E-state index contributed by atoms with van der Waals surface area (Å²) in [4.78, 5) is 0. The third-order valence-corrected chi connectivity index (χ3v) is 4.75. The number of nitrogens with one attached hydrogen (secondary N) is 1. The Balaban J connectivity index is 2.01. The van der Waals surface area contributed by atoms with Crippen LogP contribution in [-0.2, 0) is 0 Å². The van der Waals surface area contributed by atoms with Crippen LogP contribution >= 0.6 is 0 Å². The minimum absolute atomic E-state index is 0.261. The van der Waals surface area contributed by atoms with E-state index in [2.05, 4.69) is 57.3 Å². The third-order valence-electron chi connectivity index (χ3n) is 4.75. The van der Waals surface area contributed by atoms with E-state index < -0.39 is 0 Å². The smallest absolute Gasteiger partial charge is 0.122 e. The van der Waals surface area contributed by atoms with Gasteiger partial charge < -0.3 is 10.1 Å². The Hall–Kier alpha value is -1.02. The SMILES string of the molecule is CCCNC1CC(Oc2ccccc2C)C1(C)CC. The Bertz CT molecular complexity index is 417. The molecule has 1 fully saturated rings. The van der Waals surface area contributed by atoms with Crippen LogP contribution in [0.15, 0.2) is 24.3 Å². The lowest BCUT2D eigenvalue weighted by molar-refractivity contribution is -0.0704. The van der Waals surface area contributed by atoms with E-state index in [9.17, 15) is 0 Å². The molecule has 1 saturated carbocycles. The highest BCUT2D eigenvalue weighted by Crippen LogP contribution is 2.46. The van der Waals surface area contributed by atoms with Crippen molar-refractivity contribution >= 4 is 0 Å². The molecule has 0 aromatic heterocycles. The van der Waals surface area contributed by atoms with Crippen LogP contribution in [0.5, 0.6) is 5.75 Å². The average Bonchev–Trinajstić information content (AvgIpc) is 2.42. The fourth-order valence-electron chi connectivity index (χ4n) is 2.95. The Labute approximate surface area is 117 Å². The van der Waals surface area contributed by atoms with Crippen molar-refractivity contribution in [3.63, 3.8) is 0 Å². The van der Waals surface area contributed by atoms with Crippen LogP contribution in [0.25, 0.3) is 0 Å². The lowest BCUT2D eigenvalue weighted by atomic mass is 9.61. The van der Waals surface area contributed by atoms with Gasteiger partial charge >= 0.3 is 0 Å². The normalized spacial score (nSPS) is 29.9. The molecule has 0 heterocycles. The average molecular weight is 261 g/mol. The minimum Gasteiger partial charge on any atom is -0.489 e. The molecule has 3 atom stereocenters. The number of ether oxygens (including phenoxy) is 1. The van der Waals surface area contributed by atoms with Crippen molar-refractivity contribution in [3.05, 3.63) is 29.8 Å². The van der Waals surface area contributed by atoms with E-state index in [1.807, 2.05) is 0 Å². The summed E-state index contributed by atoms with van der Waals surface area (Å²) in [5.74, 6) is 1.04. The van der Waals surface area contributed by atoms with Gasteiger partial charge in [-0.3, -0.25) is 0 Å². The highest BCUT2D eigenvalue weighted by Gasteiger charge is 2.51. The van der Waals surface area contributed by atoms with Crippen LogP contribution in [0.2, 0.25) is 0 Å². The van der Waals surface area contributed by atoms with Crippen LogP contribution in [0.4, 0.5) is 0 Å². The van der Waals surface area contributed by atoms with Gasteiger partial charge in [0.1, 0.15) is 11.9 Å². The van der Waals surface area contributed by atoms with Gasteiger partial charge in [-0.2, -0.15) is 0 Å². The van der Waals surface area contributed by atoms with Gasteiger partial charge in [-0.25, -0.2) is 0 Å². The number of aryl methyl sites for hydroxylation is 1. The van der Waals surface area contributed by atoms with Crippen molar-refractivity contribution in [2.24, 2.45) is 5.41 Å². The predicted molar refractivity (Wildman–Crippen MR) is 80.7 cm³/mol. The van der Waals surface area contributed by atoms with Crippen LogP contribution in [0.3, 0.4) is 0 Å². The van der Waals surface area contributed by atoms with Gasteiger partial charge in [0.2, 0.25) is 0 Å². The standard InChI is InChI=1S/C17H27NO/c1-5-11-18-15-12-16(17(15,4)6-2)19-14-10-8-7-9-13(14)3/h7-10,15-16,18H,5-6,11-12H2,1-4H3. The zero-order chi connectivity index (χ0) is 13.9. The molecule has 0 bridgehead atoms. The number of para-hydroxylation sites is 1. The molecule has 3 unspecified atom stereocenters. The van der Waals surface area contributed by atoms with E-state index in [4.69, 9.17) is 4.74 Å². The van der Waals surface area contributed by atoms with E-state index in [-0.39, 0.29) is 5.41 Å². The van der Waals surface area contributed by atoms with Crippen LogP contribution in [0, 0.1) is 12.3 Å². The van der Waals surface area contributed by atoms with E-state index in [0.29, 0.717) is 12.1 Å². The molecule has 2 rings (SSSR count). The predicted octanol–water partition coefficient (Wildman–Crippen LogP) is 3.93. The van der Waals surface area contributed by atoms with Crippen molar-refractivity contribution in [2.75, 3.05) is 6.54 Å². The maximum Gasteiger partial charge on any atom is 0.122 e. The molecular formula is C17H27NO. The molecule has 106 valence electrons.